The van der Waals surface area contributed by atoms with Crippen LogP contribution in [0.2, 0.25) is 0 Å². The van der Waals surface area contributed by atoms with Gasteiger partial charge in [0.15, 0.2) is 0 Å². The maximum absolute atomic E-state index is 15.0. The van der Waals surface area contributed by atoms with Crippen LogP contribution in [-0.4, -0.2) is 0 Å². The number of fused-ring (bicyclic) bond motifs is 2. The Morgan fingerprint density at radius 1 is 1.00 bits per heavy atom. The van der Waals surface area contributed by atoms with Crippen LogP contribution in [0.4, 0.5) is 13.2 Å². The van der Waals surface area contributed by atoms with Crippen molar-refractivity contribution in [2.24, 2.45) is 5.41 Å². The SMILES string of the molecule is CC(C)(C)C1c2ccccc2-c2scc3c2-c2c1ccc(F)c2C(F)(F)C3. The van der Waals surface area contributed by atoms with Crippen molar-refractivity contribution in [3.8, 4) is 21.6 Å². The molecule has 138 valence electrons. The third kappa shape index (κ3) is 2.22. The van der Waals surface area contributed by atoms with Gasteiger partial charge in [-0.3, -0.25) is 0 Å². The summed E-state index contributed by atoms with van der Waals surface area (Å²) in [5.74, 6) is -4.09. The molecule has 27 heavy (non-hydrogen) atoms. The lowest BCUT2D eigenvalue weighted by molar-refractivity contribution is -0.00827. The van der Waals surface area contributed by atoms with Crippen molar-refractivity contribution >= 4 is 11.3 Å². The standard InChI is InChI=1S/C23H19F3S/c1-22(2,3)19-13-6-4-5-7-14(13)21-17-12(11-27-21)10-23(25,26)20-16(24)9-8-15(19)18(17)20/h4-9,11,19H,10H2,1-3H3. The maximum atomic E-state index is 15.0. The highest BCUT2D eigenvalue weighted by atomic mass is 32.1. The van der Waals surface area contributed by atoms with Crippen LogP contribution in [0.5, 0.6) is 0 Å². The molecule has 0 amide bonds. The van der Waals surface area contributed by atoms with Crippen LogP contribution >= 0.6 is 11.3 Å². The molecule has 4 heteroatoms. The van der Waals surface area contributed by atoms with E-state index in [0.29, 0.717) is 11.1 Å². The number of thiophene rings is 1. The van der Waals surface area contributed by atoms with Crippen molar-refractivity contribution in [2.75, 3.05) is 0 Å². The Balaban J connectivity index is 2.01. The minimum absolute atomic E-state index is 0.0931. The number of halogens is 3. The van der Waals surface area contributed by atoms with Crippen LogP contribution in [0.25, 0.3) is 21.6 Å². The van der Waals surface area contributed by atoms with Crippen LogP contribution in [0.3, 0.4) is 0 Å². The van der Waals surface area contributed by atoms with Gasteiger partial charge >= 0.3 is 0 Å². The van der Waals surface area contributed by atoms with Crippen molar-refractivity contribution in [3.05, 3.63) is 69.8 Å². The average Bonchev–Trinajstić information content (AvgIpc) is 2.92. The zero-order chi connectivity index (χ0) is 19.1. The third-order valence-electron chi connectivity index (χ3n) is 5.78. The number of rotatable bonds is 0. The summed E-state index contributed by atoms with van der Waals surface area (Å²) < 4.78 is 44.7. The van der Waals surface area contributed by atoms with Gasteiger partial charge in [-0.15, -0.1) is 11.3 Å². The van der Waals surface area contributed by atoms with Crippen molar-refractivity contribution in [1.82, 2.24) is 0 Å². The van der Waals surface area contributed by atoms with Gasteiger partial charge in [0.05, 0.1) is 5.56 Å². The average molecular weight is 384 g/mol. The van der Waals surface area contributed by atoms with E-state index in [1.807, 2.05) is 17.5 Å². The van der Waals surface area contributed by atoms with Gasteiger partial charge in [-0.25, -0.2) is 13.2 Å². The Morgan fingerprint density at radius 3 is 2.48 bits per heavy atom. The lowest BCUT2D eigenvalue weighted by atomic mass is 9.69. The van der Waals surface area contributed by atoms with Crippen molar-refractivity contribution in [1.29, 1.82) is 0 Å². The highest BCUT2D eigenvalue weighted by Crippen LogP contribution is 2.59. The van der Waals surface area contributed by atoms with Crippen molar-refractivity contribution in [3.63, 3.8) is 0 Å². The molecule has 0 spiro atoms. The van der Waals surface area contributed by atoms with Crippen LogP contribution in [0.1, 0.15) is 48.9 Å². The number of alkyl halides is 2. The predicted molar refractivity (Wildman–Crippen MR) is 104 cm³/mol. The molecule has 0 aliphatic heterocycles. The normalized spacial score (nSPS) is 19.3. The summed E-state index contributed by atoms with van der Waals surface area (Å²) in [7, 11) is 0. The van der Waals surface area contributed by atoms with Gasteiger partial charge < -0.3 is 0 Å². The van der Waals surface area contributed by atoms with E-state index in [0.717, 1.165) is 27.1 Å². The van der Waals surface area contributed by atoms with E-state index in [1.54, 1.807) is 6.07 Å². The Kier molecular flexibility index (Phi) is 3.32. The van der Waals surface area contributed by atoms with Crippen molar-refractivity contribution < 1.29 is 13.2 Å². The molecule has 1 unspecified atom stereocenters. The second-order valence-corrected chi connectivity index (χ2v) is 9.50. The quantitative estimate of drug-likeness (QED) is 0.380. The summed E-state index contributed by atoms with van der Waals surface area (Å²) in [5.41, 5.74) is 4.26. The topological polar surface area (TPSA) is 0 Å². The largest absolute Gasteiger partial charge is 0.280 e. The van der Waals surface area contributed by atoms with Gasteiger partial charge in [0, 0.05) is 22.8 Å². The van der Waals surface area contributed by atoms with E-state index in [9.17, 15) is 13.2 Å². The smallest absolute Gasteiger partial charge is 0.206 e. The summed E-state index contributed by atoms with van der Waals surface area (Å²) in [6.45, 7) is 6.35. The highest BCUT2D eigenvalue weighted by molar-refractivity contribution is 7.14. The molecule has 5 rings (SSSR count). The Bertz CT molecular complexity index is 1090. The molecular formula is C23H19F3S. The molecule has 0 bridgehead atoms. The molecule has 0 nitrogen and oxygen atoms in total. The molecule has 0 radical (unpaired) electrons. The van der Waals surface area contributed by atoms with E-state index >= 15 is 0 Å². The fourth-order valence-electron chi connectivity index (χ4n) is 4.84. The van der Waals surface area contributed by atoms with E-state index in [-0.39, 0.29) is 11.3 Å². The zero-order valence-electron chi connectivity index (χ0n) is 15.4. The molecule has 0 fully saturated rings. The molecule has 0 saturated carbocycles. The number of benzene rings is 2. The fourth-order valence-corrected chi connectivity index (χ4v) is 5.97. The molecule has 1 heterocycles. The highest BCUT2D eigenvalue weighted by Gasteiger charge is 2.47. The van der Waals surface area contributed by atoms with Gasteiger partial charge in [0.1, 0.15) is 5.82 Å². The van der Waals surface area contributed by atoms with Gasteiger partial charge in [0.25, 0.3) is 5.92 Å². The van der Waals surface area contributed by atoms with E-state index in [2.05, 4.69) is 32.9 Å². The summed E-state index contributed by atoms with van der Waals surface area (Å²) in [4.78, 5) is 0.982. The van der Waals surface area contributed by atoms with Crippen molar-refractivity contribution in [2.45, 2.75) is 39.0 Å². The summed E-state index contributed by atoms with van der Waals surface area (Å²) in [5, 5.41) is 1.82. The minimum Gasteiger partial charge on any atom is -0.206 e. The Hall–Kier alpha value is -2.07. The van der Waals surface area contributed by atoms with E-state index in [4.69, 9.17) is 0 Å². The van der Waals surface area contributed by atoms with Crippen LogP contribution in [0.15, 0.2) is 41.8 Å². The summed E-state index contributed by atoms with van der Waals surface area (Å²) in [6.07, 6.45) is -0.436. The third-order valence-corrected chi connectivity index (χ3v) is 6.84. The second-order valence-electron chi connectivity index (χ2n) is 8.62. The molecule has 0 N–H and O–H groups in total. The molecule has 2 aliphatic rings. The predicted octanol–water partition coefficient (Wildman–Crippen LogP) is 7.36. The van der Waals surface area contributed by atoms with E-state index < -0.39 is 23.7 Å². The summed E-state index contributed by atoms with van der Waals surface area (Å²) >= 11 is 1.49. The molecule has 1 atom stereocenters. The Morgan fingerprint density at radius 2 is 1.74 bits per heavy atom. The second kappa shape index (κ2) is 5.26. The number of hydrogen-bond acceptors (Lipinski definition) is 1. The first-order valence-corrected chi connectivity index (χ1v) is 9.99. The van der Waals surface area contributed by atoms with Crippen LogP contribution < -0.4 is 0 Å². The lowest BCUT2D eigenvalue weighted by Gasteiger charge is -2.35. The van der Waals surface area contributed by atoms with Gasteiger partial charge in [-0.2, -0.15) is 0 Å². The minimum atomic E-state index is -3.19. The van der Waals surface area contributed by atoms with E-state index in [1.165, 1.54) is 17.4 Å². The van der Waals surface area contributed by atoms with Gasteiger partial charge in [0.2, 0.25) is 0 Å². The first-order valence-electron chi connectivity index (χ1n) is 9.11. The molecule has 0 saturated heterocycles. The maximum Gasteiger partial charge on any atom is 0.280 e. The first-order chi connectivity index (χ1) is 12.7. The molecular weight excluding hydrogens is 365 g/mol. The van der Waals surface area contributed by atoms with Gasteiger partial charge in [-0.05, 0) is 44.7 Å². The zero-order valence-corrected chi connectivity index (χ0v) is 16.2. The molecule has 1 aromatic heterocycles. The molecule has 3 aromatic rings. The monoisotopic (exact) mass is 384 g/mol. The fraction of sp³-hybridized carbons (Fsp3) is 0.304. The van der Waals surface area contributed by atoms with Crippen LogP contribution in [0, 0.1) is 11.2 Å². The first kappa shape index (κ1) is 17.1. The molecule has 2 aliphatic carbocycles. The van der Waals surface area contributed by atoms with Crippen LogP contribution in [-0.2, 0) is 12.3 Å². The Labute approximate surface area is 160 Å². The lowest BCUT2D eigenvalue weighted by Crippen LogP contribution is -2.26. The van der Waals surface area contributed by atoms with Gasteiger partial charge in [-0.1, -0.05) is 51.1 Å². The number of hydrogen-bond donors (Lipinski definition) is 0. The summed E-state index contributed by atoms with van der Waals surface area (Å²) in [6, 6.07) is 11.1. The molecule has 2 aromatic carbocycles.